The van der Waals surface area contributed by atoms with Crippen LogP contribution in [0.2, 0.25) is 5.02 Å². The predicted octanol–water partition coefficient (Wildman–Crippen LogP) is 4.15. The van der Waals surface area contributed by atoms with Gasteiger partial charge >= 0.3 is 24.1 Å². The summed E-state index contributed by atoms with van der Waals surface area (Å²) in [7, 11) is 0.695. The first-order valence-corrected chi connectivity index (χ1v) is 8.59. The Balaban J connectivity index is 2.72. The van der Waals surface area contributed by atoms with Gasteiger partial charge in [-0.15, -0.1) is 12.3 Å². The third kappa shape index (κ3) is 4.64. The van der Waals surface area contributed by atoms with E-state index in [-0.39, 0.29) is 17.4 Å². The van der Waals surface area contributed by atoms with Gasteiger partial charge in [-0.25, -0.2) is 8.96 Å². The lowest BCUT2D eigenvalue weighted by Crippen LogP contribution is -2.39. The molecule has 0 N–H and O–H groups in total. The molecule has 172 valence electrons. The molecule has 0 radical (unpaired) electrons. The number of carbonyl (C=O) groups excluding carboxylic acids is 1. The van der Waals surface area contributed by atoms with Crippen molar-refractivity contribution in [2.75, 3.05) is 7.11 Å². The Labute approximate surface area is 179 Å². The molecule has 0 spiro atoms. The van der Waals surface area contributed by atoms with Gasteiger partial charge in [0.15, 0.2) is 11.4 Å². The van der Waals surface area contributed by atoms with E-state index >= 15 is 0 Å². The number of methoxy groups -OCH3 is 1. The van der Waals surface area contributed by atoms with Crippen LogP contribution in [0.25, 0.3) is 5.69 Å². The normalized spacial score (nSPS) is 11.8. The van der Waals surface area contributed by atoms with E-state index in [4.69, 9.17) is 22.8 Å². The maximum atomic E-state index is 14.5. The number of terminal acetylenes is 1. The molecule has 0 bridgehead atoms. The van der Waals surface area contributed by atoms with E-state index < -0.39 is 63.4 Å². The highest BCUT2D eigenvalue weighted by molar-refractivity contribution is 6.32. The molecule has 0 atom stereocenters. The van der Waals surface area contributed by atoms with Crippen LogP contribution in [0.1, 0.15) is 18.5 Å². The monoisotopic (exact) mass is 486 g/mol. The van der Waals surface area contributed by atoms with Crippen molar-refractivity contribution in [1.29, 1.82) is 0 Å². The maximum Gasteiger partial charge on any atom is 0.459 e. The van der Waals surface area contributed by atoms with Gasteiger partial charge in [0, 0.05) is 12.5 Å². The van der Waals surface area contributed by atoms with Crippen molar-refractivity contribution in [2.24, 2.45) is 0 Å². The average Bonchev–Trinajstić information content (AvgIpc) is 2.69. The summed E-state index contributed by atoms with van der Waals surface area (Å²) in [5.41, 5.74) is -5.69. The zero-order valence-corrected chi connectivity index (χ0v) is 16.5. The van der Waals surface area contributed by atoms with Crippen LogP contribution < -0.4 is 15.0 Å². The third-order valence-electron chi connectivity index (χ3n) is 3.77. The lowest BCUT2D eigenvalue weighted by atomic mass is 10.2. The second kappa shape index (κ2) is 9.07. The molecule has 0 aliphatic heterocycles. The van der Waals surface area contributed by atoms with E-state index in [2.05, 4.69) is 15.6 Å². The zero-order chi connectivity index (χ0) is 24.4. The van der Waals surface area contributed by atoms with Gasteiger partial charge in [-0.05, 0) is 6.07 Å². The molecule has 0 saturated carbocycles. The molecular weight excluding hydrogens is 477 g/mol. The van der Waals surface area contributed by atoms with Crippen LogP contribution in [0.15, 0.2) is 16.9 Å². The first-order valence-electron chi connectivity index (χ1n) is 8.21. The van der Waals surface area contributed by atoms with Crippen molar-refractivity contribution < 1.29 is 45.0 Å². The number of carbonyl (C=O) groups is 1. The summed E-state index contributed by atoms with van der Waals surface area (Å²) in [6, 6.07) is -0.207. The smallest absolute Gasteiger partial charge is 0.459 e. The van der Waals surface area contributed by atoms with Crippen LogP contribution in [0.3, 0.4) is 0 Å². The Kier molecular flexibility index (Phi) is 7.09. The van der Waals surface area contributed by atoms with E-state index in [9.17, 15) is 40.3 Å². The summed E-state index contributed by atoms with van der Waals surface area (Å²) >= 11 is 5.76. The Hall–Kier alpha value is -3.27. The number of hydrogen-bond acceptors (Lipinski definition) is 5. The summed E-state index contributed by atoms with van der Waals surface area (Å²) in [4.78, 5) is 26.7. The predicted molar refractivity (Wildman–Crippen MR) is 95.0 cm³/mol. The van der Waals surface area contributed by atoms with Crippen LogP contribution >= 0.6 is 11.6 Å². The first-order chi connectivity index (χ1) is 14.8. The molecule has 2 rings (SSSR count). The molecule has 0 aliphatic carbocycles. The zero-order valence-electron chi connectivity index (χ0n) is 15.7. The van der Waals surface area contributed by atoms with Crippen molar-refractivity contribution >= 4 is 17.6 Å². The summed E-state index contributed by atoms with van der Waals surface area (Å²) in [5, 5.41) is -0.485. The molecule has 2 aromatic rings. The fourth-order valence-electron chi connectivity index (χ4n) is 2.29. The fraction of sp³-hybridized carbons (Fsp3) is 0.278. The van der Waals surface area contributed by atoms with Gasteiger partial charge < -0.3 is 9.47 Å². The van der Waals surface area contributed by atoms with E-state index in [0.29, 0.717) is 19.2 Å². The molecule has 0 aliphatic rings. The Bertz CT molecular complexity index is 1160. The van der Waals surface area contributed by atoms with Gasteiger partial charge in [0.25, 0.3) is 5.56 Å². The number of benzene rings is 1. The first kappa shape index (κ1) is 25.0. The third-order valence-corrected chi connectivity index (χ3v) is 4.07. The second-order valence-electron chi connectivity index (χ2n) is 5.89. The van der Waals surface area contributed by atoms with Gasteiger partial charge in [0.1, 0.15) is 5.82 Å². The molecule has 32 heavy (non-hydrogen) atoms. The molecule has 1 heterocycles. The van der Waals surface area contributed by atoms with Crippen LogP contribution in [-0.4, -0.2) is 28.8 Å². The summed E-state index contributed by atoms with van der Waals surface area (Å²) in [6.07, 6.45) is -1.60. The standard InChI is InChI=1S/C18H10ClF7N2O4/c1-3-4-5-12(29)32-11-7-10(9(20)6-8(11)19)28-15(30)13(21)14(27-16(28)31-2)17(22,23)18(24,25)26/h1,6-7H,4-5H2,2H3. The van der Waals surface area contributed by atoms with Gasteiger partial charge in [0.05, 0.1) is 24.2 Å². The molecule has 0 fully saturated rings. The van der Waals surface area contributed by atoms with Gasteiger partial charge in [-0.3, -0.25) is 9.59 Å². The molecule has 0 amide bonds. The SMILES string of the molecule is C#CCCC(=O)Oc1cc(-n2c(OC)nc(C(F)(F)C(F)(F)F)c(F)c2=O)c(F)cc1Cl. The van der Waals surface area contributed by atoms with Crippen LogP contribution in [0.4, 0.5) is 30.7 Å². The van der Waals surface area contributed by atoms with Crippen molar-refractivity contribution in [3.05, 3.63) is 44.8 Å². The van der Waals surface area contributed by atoms with Crippen molar-refractivity contribution in [3.63, 3.8) is 0 Å². The highest BCUT2D eigenvalue weighted by Crippen LogP contribution is 2.44. The Morgan fingerprint density at radius 2 is 1.88 bits per heavy atom. The number of ether oxygens (including phenoxy) is 2. The number of rotatable bonds is 6. The van der Waals surface area contributed by atoms with Crippen molar-refractivity contribution in [3.8, 4) is 29.8 Å². The van der Waals surface area contributed by atoms with E-state index in [1.165, 1.54) is 0 Å². The Morgan fingerprint density at radius 3 is 2.41 bits per heavy atom. The summed E-state index contributed by atoms with van der Waals surface area (Å²) < 4.78 is 103. The highest BCUT2D eigenvalue weighted by atomic mass is 35.5. The number of hydrogen-bond donors (Lipinski definition) is 0. The molecule has 14 heteroatoms. The van der Waals surface area contributed by atoms with E-state index in [1.807, 2.05) is 0 Å². The minimum absolute atomic E-state index is 0.0260. The Morgan fingerprint density at radius 1 is 1.25 bits per heavy atom. The molecule has 1 aromatic heterocycles. The number of halogens is 8. The molecule has 1 aromatic carbocycles. The van der Waals surface area contributed by atoms with E-state index in [0.717, 1.165) is 0 Å². The van der Waals surface area contributed by atoms with Crippen LogP contribution in [0, 0.1) is 24.0 Å². The molecular formula is C18H10ClF7N2O4. The number of alkyl halides is 5. The van der Waals surface area contributed by atoms with Crippen molar-refractivity contribution in [1.82, 2.24) is 9.55 Å². The van der Waals surface area contributed by atoms with Crippen LogP contribution in [-0.2, 0) is 10.7 Å². The topological polar surface area (TPSA) is 70.4 Å². The van der Waals surface area contributed by atoms with Gasteiger partial charge in [0.2, 0.25) is 5.82 Å². The number of aromatic nitrogens is 2. The summed E-state index contributed by atoms with van der Waals surface area (Å²) in [5.74, 6) is -9.18. The highest BCUT2D eigenvalue weighted by Gasteiger charge is 2.62. The fourth-order valence-corrected chi connectivity index (χ4v) is 2.48. The van der Waals surface area contributed by atoms with Crippen molar-refractivity contribution in [2.45, 2.75) is 24.9 Å². The number of esters is 1. The van der Waals surface area contributed by atoms with Crippen LogP contribution in [0.5, 0.6) is 11.8 Å². The number of nitrogens with zero attached hydrogens (tertiary/aromatic N) is 2. The second-order valence-corrected chi connectivity index (χ2v) is 6.29. The summed E-state index contributed by atoms with van der Waals surface area (Å²) in [6.45, 7) is 0. The molecule has 6 nitrogen and oxygen atoms in total. The lowest BCUT2D eigenvalue weighted by molar-refractivity contribution is -0.292. The minimum Gasteiger partial charge on any atom is -0.468 e. The van der Waals surface area contributed by atoms with E-state index in [1.54, 1.807) is 0 Å². The van der Waals surface area contributed by atoms with Gasteiger partial charge in [-0.2, -0.15) is 31.3 Å². The quantitative estimate of drug-likeness (QED) is 0.266. The van der Waals surface area contributed by atoms with Gasteiger partial charge in [-0.1, -0.05) is 11.6 Å². The molecule has 0 unspecified atom stereocenters. The lowest BCUT2D eigenvalue weighted by Gasteiger charge is -2.21. The average molecular weight is 487 g/mol. The largest absolute Gasteiger partial charge is 0.468 e. The minimum atomic E-state index is -6.30. The maximum absolute atomic E-state index is 14.5. The molecule has 0 saturated heterocycles.